The van der Waals surface area contributed by atoms with Gasteiger partial charge in [0.2, 0.25) is 0 Å². The van der Waals surface area contributed by atoms with E-state index in [-0.39, 0.29) is 5.54 Å². The van der Waals surface area contributed by atoms with Gasteiger partial charge in [0.15, 0.2) is 0 Å². The molecule has 1 aromatic carbocycles. The molecule has 1 nitrogen and oxygen atoms in total. The molecule has 1 atom stereocenters. The highest BCUT2D eigenvalue weighted by atomic mass is 14.8. The molecule has 0 radical (unpaired) electrons. The second-order valence-corrected chi connectivity index (χ2v) is 6.54. The van der Waals surface area contributed by atoms with Crippen LogP contribution in [0.1, 0.15) is 51.5 Å². The number of rotatable bonds is 4. The zero-order chi connectivity index (χ0) is 12.4. The molecule has 0 bridgehead atoms. The van der Waals surface area contributed by atoms with E-state index >= 15 is 0 Å². The zero-order valence-electron chi connectivity index (χ0n) is 11.2. The van der Waals surface area contributed by atoms with E-state index in [1.54, 1.807) is 0 Å². The van der Waals surface area contributed by atoms with Gasteiger partial charge in [0.25, 0.3) is 0 Å². The second-order valence-electron chi connectivity index (χ2n) is 6.54. The lowest BCUT2D eigenvalue weighted by Gasteiger charge is -2.26. The van der Waals surface area contributed by atoms with Gasteiger partial charge in [-0.25, -0.2) is 0 Å². The Balaban J connectivity index is 1.79. The summed E-state index contributed by atoms with van der Waals surface area (Å²) in [5.41, 5.74) is 8.51. The highest BCUT2D eigenvalue weighted by Crippen LogP contribution is 2.44. The van der Waals surface area contributed by atoms with Gasteiger partial charge in [-0.1, -0.05) is 44.2 Å². The molecule has 2 N–H and O–H groups in total. The van der Waals surface area contributed by atoms with E-state index in [9.17, 15) is 0 Å². The molecule has 2 rings (SSSR count). The summed E-state index contributed by atoms with van der Waals surface area (Å²) in [6.07, 6.45) is 7.24. The average Bonchev–Trinajstić information content (AvgIpc) is 2.55. The molecule has 94 valence electrons. The molecule has 0 amide bonds. The van der Waals surface area contributed by atoms with Crippen molar-refractivity contribution >= 4 is 0 Å². The van der Waals surface area contributed by atoms with Crippen molar-refractivity contribution in [3.63, 3.8) is 0 Å². The Kier molecular flexibility index (Phi) is 3.58. The van der Waals surface area contributed by atoms with E-state index in [2.05, 4.69) is 44.2 Å². The fraction of sp³-hybridized carbons (Fsp3) is 0.625. The third-order valence-electron chi connectivity index (χ3n) is 4.11. The van der Waals surface area contributed by atoms with Crippen LogP contribution in [0.15, 0.2) is 30.3 Å². The summed E-state index contributed by atoms with van der Waals surface area (Å²) < 4.78 is 0. The Bertz CT molecular complexity index is 355. The number of hydrogen-bond donors (Lipinski definition) is 1. The van der Waals surface area contributed by atoms with Crippen LogP contribution in [0.5, 0.6) is 0 Å². The molecule has 0 aromatic heterocycles. The summed E-state index contributed by atoms with van der Waals surface area (Å²) in [7, 11) is 0. The number of benzene rings is 1. The highest BCUT2D eigenvalue weighted by Gasteiger charge is 2.39. The molecule has 1 fully saturated rings. The summed E-state index contributed by atoms with van der Waals surface area (Å²) >= 11 is 0. The summed E-state index contributed by atoms with van der Waals surface area (Å²) in [6, 6.07) is 10.7. The SMILES string of the molecule is CC1(C)CCC(N)(CCCc2ccccc2)C1. The summed E-state index contributed by atoms with van der Waals surface area (Å²) in [4.78, 5) is 0. The lowest BCUT2D eigenvalue weighted by atomic mass is 9.85. The largest absolute Gasteiger partial charge is 0.325 e. The molecule has 0 aliphatic heterocycles. The number of aryl methyl sites for hydroxylation is 1. The molecule has 1 aliphatic rings. The minimum Gasteiger partial charge on any atom is -0.325 e. The molecular weight excluding hydrogens is 206 g/mol. The first kappa shape index (κ1) is 12.6. The van der Waals surface area contributed by atoms with Gasteiger partial charge < -0.3 is 5.73 Å². The zero-order valence-corrected chi connectivity index (χ0v) is 11.2. The van der Waals surface area contributed by atoms with Crippen LogP contribution >= 0.6 is 0 Å². The Morgan fingerprint density at radius 2 is 1.82 bits per heavy atom. The van der Waals surface area contributed by atoms with Crippen molar-refractivity contribution in [2.45, 2.75) is 57.9 Å². The van der Waals surface area contributed by atoms with Gasteiger partial charge >= 0.3 is 0 Å². The van der Waals surface area contributed by atoms with E-state index in [1.165, 1.54) is 44.1 Å². The van der Waals surface area contributed by atoms with Crippen LogP contribution in [-0.4, -0.2) is 5.54 Å². The smallest absolute Gasteiger partial charge is 0.0159 e. The average molecular weight is 231 g/mol. The Morgan fingerprint density at radius 1 is 1.12 bits per heavy atom. The van der Waals surface area contributed by atoms with Gasteiger partial charge in [0, 0.05) is 5.54 Å². The normalized spacial score (nSPS) is 27.2. The van der Waals surface area contributed by atoms with E-state index in [0.29, 0.717) is 5.41 Å². The van der Waals surface area contributed by atoms with Crippen molar-refractivity contribution in [1.29, 1.82) is 0 Å². The second kappa shape index (κ2) is 4.81. The maximum absolute atomic E-state index is 6.50. The lowest BCUT2D eigenvalue weighted by Crippen LogP contribution is -2.37. The molecule has 1 unspecified atom stereocenters. The first-order valence-electron chi connectivity index (χ1n) is 6.82. The van der Waals surface area contributed by atoms with E-state index < -0.39 is 0 Å². The fourth-order valence-electron chi connectivity index (χ4n) is 3.22. The maximum atomic E-state index is 6.50. The third-order valence-corrected chi connectivity index (χ3v) is 4.11. The maximum Gasteiger partial charge on any atom is 0.0159 e. The first-order chi connectivity index (χ1) is 7.99. The van der Waals surface area contributed by atoms with E-state index in [0.717, 1.165) is 0 Å². The fourth-order valence-corrected chi connectivity index (χ4v) is 3.22. The van der Waals surface area contributed by atoms with Crippen molar-refractivity contribution in [3.05, 3.63) is 35.9 Å². The van der Waals surface area contributed by atoms with Crippen molar-refractivity contribution in [3.8, 4) is 0 Å². The Morgan fingerprint density at radius 3 is 2.41 bits per heavy atom. The van der Waals surface area contributed by atoms with Crippen LogP contribution in [0.4, 0.5) is 0 Å². The predicted octanol–water partition coefficient (Wildman–Crippen LogP) is 3.92. The van der Waals surface area contributed by atoms with Gasteiger partial charge in [-0.3, -0.25) is 0 Å². The van der Waals surface area contributed by atoms with Crippen LogP contribution in [0.3, 0.4) is 0 Å². The summed E-state index contributed by atoms with van der Waals surface area (Å²) in [5.74, 6) is 0. The van der Waals surface area contributed by atoms with Crippen molar-refractivity contribution in [2.75, 3.05) is 0 Å². The first-order valence-corrected chi connectivity index (χ1v) is 6.82. The van der Waals surface area contributed by atoms with Gasteiger partial charge in [0.1, 0.15) is 0 Å². The predicted molar refractivity (Wildman–Crippen MR) is 73.9 cm³/mol. The molecule has 0 heterocycles. The number of nitrogens with two attached hydrogens (primary N) is 1. The third kappa shape index (κ3) is 3.57. The lowest BCUT2D eigenvalue weighted by molar-refractivity contribution is 0.319. The standard InChI is InChI=1S/C16H25N/c1-15(2)11-12-16(17,13-15)10-6-9-14-7-4-3-5-8-14/h3-5,7-8H,6,9-13,17H2,1-2H3. The topological polar surface area (TPSA) is 26.0 Å². The van der Waals surface area contributed by atoms with Gasteiger partial charge in [0.05, 0.1) is 0 Å². The summed E-state index contributed by atoms with van der Waals surface area (Å²) in [5, 5.41) is 0. The molecular formula is C16H25N. The van der Waals surface area contributed by atoms with Crippen molar-refractivity contribution in [2.24, 2.45) is 11.1 Å². The molecule has 0 saturated heterocycles. The molecule has 1 aliphatic carbocycles. The van der Waals surface area contributed by atoms with Gasteiger partial charge in [-0.05, 0) is 49.5 Å². The molecule has 1 heteroatoms. The van der Waals surface area contributed by atoms with Crippen LogP contribution in [0, 0.1) is 5.41 Å². The van der Waals surface area contributed by atoms with Crippen molar-refractivity contribution < 1.29 is 0 Å². The van der Waals surface area contributed by atoms with Crippen LogP contribution in [0.25, 0.3) is 0 Å². The molecule has 1 saturated carbocycles. The molecule has 0 spiro atoms. The van der Waals surface area contributed by atoms with Crippen LogP contribution < -0.4 is 5.73 Å². The molecule has 17 heavy (non-hydrogen) atoms. The monoisotopic (exact) mass is 231 g/mol. The van der Waals surface area contributed by atoms with Crippen LogP contribution in [-0.2, 0) is 6.42 Å². The van der Waals surface area contributed by atoms with Crippen LogP contribution in [0.2, 0.25) is 0 Å². The van der Waals surface area contributed by atoms with Gasteiger partial charge in [-0.2, -0.15) is 0 Å². The number of hydrogen-bond acceptors (Lipinski definition) is 1. The Hall–Kier alpha value is -0.820. The van der Waals surface area contributed by atoms with Gasteiger partial charge in [-0.15, -0.1) is 0 Å². The highest BCUT2D eigenvalue weighted by molar-refractivity contribution is 5.14. The van der Waals surface area contributed by atoms with E-state index in [1.807, 2.05) is 0 Å². The van der Waals surface area contributed by atoms with Crippen molar-refractivity contribution in [1.82, 2.24) is 0 Å². The molecule has 1 aromatic rings. The van der Waals surface area contributed by atoms with E-state index in [4.69, 9.17) is 5.73 Å². The minimum atomic E-state index is 0.109. The Labute approximate surface area is 105 Å². The quantitative estimate of drug-likeness (QED) is 0.835. The summed E-state index contributed by atoms with van der Waals surface area (Å²) in [6.45, 7) is 4.69. The minimum absolute atomic E-state index is 0.109.